The van der Waals surface area contributed by atoms with E-state index in [1.807, 2.05) is 6.92 Å². The third-order valence-electron chi connectivity index (χ3n) is 4.52. The number of nitrogens with zero attached hydrogens (tertiary/aromatic N) is 3. The maximum Gasteiger partial charge on any atom is 0.420 e. The van der Waals surface area contributed by atoms with Crippen LogP contribution in [0, 0.1) is 12.7 Å². The summed E-state index contributed by atoms with van der Waals surface area (Å²) in [6, 6.07) is 4.56. The normalized spacial score (nSPS) is 16.1. The van der Waals surface area contributed by atoms with Crippen molar-refractivity contribution in [3.05, 3.63) is 57.3 Å². The zero-order valence-electron chi connectivity index (χ0n) is 14.1. The quantitative estimate of drug-likeness (QED) is 0.844. The summed E-state index contributed by atoms with van der Waals surface area (Å²) in [5, 5.41) is 5.35. The van der Waals surface area contributed by atoms with Gasteiger partial charge >= 0.3 is 6.18 Å². The average molecular weight is 370 g/mol. The molecule has 0 bridgehead atoms. The van der Waals surface area contributed by atoms with Crippen molar-refractivity contribution >= 4 is 5.69 Å². The van der Waals surface area contributed by atoms with Gasteiger partial charge in [0.15, 0.2) is 0 Å². The van der Waals surface area contributed by atoms with Crippen molar-refractivity contribution in [1.82, 2.24) is 15.1 Å². The number of nitrogens with one attached hydrogen (secondary N) is 1. The lowest BCUT2D eigenvalue weighted by molar-refractivity contribution is -0.137. The van der Waals surface area contributed by atoms with Gasteiger partial charge in [-0.15, -0.1) is 0 Å². The van der Waals surface area contributed by atoms with Crippen molar-refractivity contribution in [2.45, 2.75) is 19.6 Å². The Morgan fingerprint density at radius 3 is 2.50 bits per heavy atom. The molecule has 1 fully saturated rings. The Bertz CT molecular complexity index is 841. The van der Waals surface area contributed by atoms with Gasteiger partial charge in [-0.2, -0.15) is 18.3 Å². The van der Waals surface area contributed by atoms with Gasteiger partial charge in [0, 0.05) is 32.7 Å². The Morgan fingerprint density at radius 1 is 1.19 bits per heavy atom. The Morgan fingerprint density at radius 2 is 1.88 bits per heavy atom. The lowest BCUT2D eigenvalue weighted by Gasteiger charge is -2.36. The number of aromatic amines is 1. The van der Waals surface area contributed by atoms with E-state index in [9.17, 15) is 22.4 Å². The molecule has 0 atom stereocenters. The molecule has 2 aromatic rings. The first-order valence-electron chi connectivity index (χ1n) is 8.13. The standard InChI is InChI=1S/C17H18F4N4O/c1-11-8-13(18)3-2-12(11)10-24-4-6-25(7-5-24)15-14(17(19,20)21)9-22-23-16(15)26/h2-3,8-9H,4-7,10H2,1H3,(H,23,26). The zero-order valence-corrected chi connectivity index (χ0v) is 14.1. The molecule has 3 rings (SSSR count). The number of anilines is 1. The summed E-state index contributed by atoms with van der Waals surface area (Å²) < 4.78 is 52.7. The minimum absolute atomic E-state index is 0.288. The van der Waals surface area contributed by atoms with Crippen molar-refractivity contribution in [3.8, 4) is 0 Å². The number of halogens is 4. The first kappa shape index (κ1) is 18.4. The maximum absolute atomic E-state index is 13.2. The molecule has 140 valence electrons. The highest BCUT2D eigenvalue weighted by molar-refractivity contribution is 5.52. The molecular formula is C17H18F4N4O. The number of aryl methyl sites for hydroxylation is 1. The molecule has 2 heterocycles. The van der Waals surface area contributed by atoms with E-state index in [2.05, 4.69) is 15.1 Å². The molecule has 26 heavy (non-hydrogen) atoms. The summed E-state index contributed by atoms with van der Waals surface area (Å²) in [4.78, 5) is 15.4. The molecular weight excluding hydrogens is 352 g/mol. The van der Waals surface area contributed by atoms with Gasteiger partial charge in [0.05, 0.1) is 6.20 Å². The van der Waals surface area contributed by atoms with E-state index >= 15 is 0 Å². The van der Waals surface area contributed by atoms with Crippen LogP contribution in [0.15, 0.2) is 29.2 Å². The van der Waals surface area contributed by atoms with Crippen LogP contribution in [-0.2, 0) is 12.7 Å². The van der Waals surface area contributed by atoms with Crippen LogP contribution in [0.25, 0.3) is 0 Å². The highest BCUT2D eigenvalue weighted by Crippen LogP contribution is 2.34. The van der Waals surface area contributed by atoms with Crippen LogP contribution in [-0.4, -0.2) is 41.3 Å². The summed E-state index contributed by atoms with van der Waals surface area (Å²) in [6.07, 6.45) is -4.00. The molecule has 0 aliphatic carbocycles. The van der Waals surface area contributed by atoms with Gasteiger partial charge in [0.2, 0.25) is 0 Å². The molecule has 1 aromatic heterocycles. The molecule has 1 N–H and O–H groups in total. The number of hydrogen-bond acceptors (Lipinski definition) is 4. The van der Waals surface area contributed by atoms with Crippen LogP contribution < -0.4 is 10.5 Å². The lowest BCUT2D eigenvalue weighted by Crippen LogP contribution is -2.48. The van der Waals surface area contributed by atoms with Crippen molar-refractivity contribution in [2.24, 2.45) is 0 Å². The molecule has 1 aliphatic rings. The minimum Gasteiger partial charge on any atom is -0.364 e. The second kappa shape index (κ2) is 7.06. The van der Waals surface area contributed by atoms with Gasteiger partial charge in [-0.3, -0.25) is 9.69 Å². The third-order valence-corrected chi connectivity index (χ3v) is 4.52. The summed E-state index contributed by atoms with van der Waals surface area (Å²) in [6.45, 7) is 3.97. The highest BCUT2D eigenvalue weighted by Gasteiger charge is 2.37. The topological polar surface area (TPSA) is 52.2 Å². The van der Waals surface area contributed by atoms with E-state index in [1.54, 1.807) is 6.07 Å². The fraction of sp³-hybridized carbons (Fsp3) is 0.412. The second-order valence-electron chi connectivity index (χ2n) is 6.29. The van der Waals surface area contributed by atoms with Crippen molar-refractivity contribution in [3.63, 3.8) is 0 Å². The Balaban J connectivity index is 1.72. The van der Waals surface area contributed by atoms with Gasteiger partial charge in [-0.05, 0) is 30.2 Å². The van der Waals surface area contributed by atoms with Gasteiger partial charge < -0.3 is 4.90 Å². The molecule has 1 aliphatic heterocycles. The average Bonchev–Trinajstić information content (AvgIpc) is 2.57. The molecule has 1 aromatic carbocycles. The summed E-state index contributed by atoms with van der Waals surface area (Å²) >= 11 is 0. The van der Waals surface area contributed by atoms with Crippen LogP contribution in [0.2, 0.25) is 0 Å². The van der Waals surface area contributed by atoms with Crippen LogP contribution in [0.1, 0.15) is 16.7 Å². The molecule has 0 amide bonds. The summed E-state index contributed by atoms with van der Waals surface area (Å²) in [5.74, 6) is -0.298. The Kier molecular flexibility index (Phi) is 4.99. The number of alkyl halides is 3. The molecule has 0 saturated carbocycles. The largest absolute Gasteiger partial charge is 0.420 e. The molecule has 1 saturated heterocycles. The molecule has 9 heteroatoms. The number of piperazine rings is 1. The van der Waals surface area contributed by atoms with Crippen molar-refractivity contribution in [2.75, 3.05) is 31.1 Å². The predicted octanol–water partition coefficient (Wildman–Crippen LogP) is 2.56. The van der Waals surface area contributed by atoms with E-state index in [0.717, 1.165) is 11.1 Å². The first-order chi connectivity index (χ1) is 12.3. The van der Waals surface area contributed by atoms with Gasteiger partial charge in [0.1, 0.15) is 17.1 Å². The SMILES string of the molecule is Cc1cc(F)ccc1CN1CCN(c2c(C(F)(F)F)cn[nH]c2=O)CC1. The highest BCUT2D eigenvalue weighted by atomic mass is 19.4. The Hall–Kier alpha value is -2.42. The van der Waals surface area contributed by atoms with E-state index in [1.165, 1.54) is 17.0 Å². The lowest BCUT2D eigenvalue weighted by atomic mass is 10.1. The van der Waals surface area contributed by atoms with Crippen molar-refractivity contribution in [1.29, 1.82) is 0 Å². The van der Waals surface area contributed by atoms with Gasteiger partial charge in [0.25, 0.3) is 5.56 Å². The van der Waals surface area contributed by atoms with Crippen LogP contribution in [0.4, 0.5) is 23.2 Å². The number of benzene rings is 1. The fourth-order valence-corrected chi connectivity index (χ4v) is 3.12. The van der Waals surface area contributed by atoms with E-state index in [0.29, 0.717) is 25.8 Å². The summed E-state index contributed by atoms with van der Waals surface area (Å²) in [7, 11) is 0. The van der Waals surface area contributed by atoms with Crippen molar-refractivity contribution < 1.29 is 17.6 Å². The first-order valence-corrected chi connectivity index (χ1v) is 8.13. The molecule has 0 radical (unpaired) electrons. The van der Waals surface area contributed by atoms with E-state index < -0.39 is 17.3 Å². The monoisotopic (exact) mass is 370 g/mol. The van der Waals surface area contributed by atoms with E-state index in [-0.39, 0.29) is 24.6 Å². The fourth-order valence-electron chi connectivity index (χ4n) is 3.12. The van der Waals surface area contributed by atoms with Gasteiger partial charge in [-0.25, -0.2) is 9.49 Å². The number of H-pyrrole nitrogens is 1. The maximum atomic E-state index is 13.2. The third kappa shape index (κ3) is 3.87. The van der Waals surface area contributed by atoms with Crippen LogP contribution in [0.5, 0.6) is 0 Å². The second-order valence-corrected chi connectivity index (χ2v) is 6.29. The molecule has 0 spiro atoms. The predicted molar refractivity (Wildman–Crippen MR) is 88.5 cm³/mol. The van der Waals surface area contributed by atoms with Crippen LogP contribution >= 0.6 is 0 Å². The Labute approximate surface area is 147 Å². The van der Waals surface area contributed by atoms with Gasteiger partial charge in [-0.1, -0.05) is 6.07 Å². The number of hydrogen-bond donors (Lipinski definition) is 1. The smallest absolute Gasteiger partial charge is 0.364 e. The molecule has 0 unspecified atom stereocenters. The summed E-state index contributed by atoms with van der Waals surface area (Å²) in [5.41, 5.74) is -0.452. The number of aromatic nitrogens is 2. The number of rotatable bonds is 3. The van der Waals surface area contributed by atoms with E-state index in [4.69, 9.17) is 0 Å². The zero-order chi connectivity index (χ0) is 18.9. The van der Waals surface area contributed by atoms with Crippen LogP contribution in [0.3, 0.4) is 0 Å². The minimum atomic E-state index is -4.64. The molecule has 5 nitrogen and oxygen atoms in total.